The highest BCUT2D eigenvalue weighted by Gasteiger charge is 2.48. The normalized spacial score (nSPS) is 26.1. The number of carbonyl (C=O) groups excluding carboxylic acids is 1. The number of aromatic nitrogens is 2. The van der Waals surface area contributed by atoms with E-state index >= 15 is 0 Å². The minimum absolute atomic E-state index is 0.0510. The van der Waals surface area contributed by atoms with Crippen LogP contribution in [-0.2, 0) is 22.6 Å². The Kier molecular flexibility index (Phi) is 6.18. The van der Waals surface area contributed by atoms with Crippen molar-refractivity contribution in [3.05, 3.63) is 18.0 Å². The summed E-state index contributed by atoms with van der Waals surface area (Å²) in [7, 11) is 0. The Labute approximate surface area is 155 Å². The second kappa shape index (κ2) is 7.87. The number of alkyl halides is 3. The van der Waals surface area contributed by atoms with Gasteiger partial charge in [0.05, 0.1) is 12.5 Å². The second-order valence-corrected chi connectivity index (χ2v) is 7.59. The summed E-state index contributed by atoms with van der Waals surface area (Å²) in [6.07, 6.45) is -0.395. The number of carboxylic acid groups (broad SMARTS) is 1. The fourth-order valence-corrected chi connectivity index (χ4v) is 3.52. The zero-order valence-electron chi connectivity index (χ0n) is 15.3. The molecule has 1 aromatic rings. The van der Waals surface area contributed by atoms with Crippen LogP contribution in [0.15, 0.2) is 12.3 Å². The Hall–Kier alpha value is -2.10. The molecule has 1 aliphatic heterocycles. The molecule has 3 unspecified atom stereocenters. The van der Waals surface area contributed by atoms with Crippen LogP contribution in [0, 0.1) is 17.3 Å². The molecular formula is C17H25F3N4O3. The van der Waals surface area contributed by atoms with Gasteiger partial charge in [-0.25, -0.2) is 4.79 Å². The number of aliphatic carboxylic acids is 1. The molecule has 1 saturated carbocycles. The van der Waals surface area contributed by atoms with Crippen LogP contribution in [0.5, 0.6) is 0 Å². The summed E-state index contributed by atoms with van der Waals surface area (Å²) in [6.45, 7) is 5.82. The van der Waals surface area contributed by atoms with Gasteiger partial charge in [-0.15, -0.1) is 0 Å². The highest BCUT2D eigenvalue weighted by atomic mass is 19.4. The van der Waals surface area contributed by atoms with E-state index in [9.17, 15) is 18.0 Å². The molecule has 7 nitrogen and oxygen atoms in total. The largest absolute Gasteiger partial charge is 0.490 e. The molecule has 1 amide bonds. The van der Waals surface area contributed by atoms with Crippen molar-refractivity contribution in [1.82, 2.24) is 15.1 Å². The molecule has 0 saturated heterocycles. The van der Waals surface area contributed by atoms with E-state index in [4.69, 9.17) is 15.6 Å². The van der Waals surface area contributed by atoms with Gasteiger partial charge < -0.3 is 16.2 Å². The van der Waals surface area contributed by atoms with Crippen LogP contribution in [0.3, 0.4) is 0 Å². The van der Waals surface area contributed by atoms with Gasteiger partial charge in [0.15, 0.2) is 0 Å². The van der Waals surface area contributed by atoms with Crippen molar-refractivity contribution in [3.8, 4) is 0 Å². The first-order chi connectivity index (χ1) is 12.5. The van der Waals surface area contributed by atoms with E-state index in [2.05, 4.69) is 24.3 Å². The van der Waals surface area contributed by atoms with E-state index in [1.807, 2.05) is 16.9 Å². The minimum atomic E-state index is -5.08. The first-order valence-corrected chi connectivity index (χ1v) is 8.78. The number of nitrogens with zero attached hydrogens (tertiary/aromatic N) is 2. The fourth-order valence-electron chi connectivity index (χ4n) is 3.52. The third kappa shape index (κ3) is 4.79. The Morgan fingerprint density at radius 2 is 2.07 bits per heavy atom. The third-order valence-corrected chi connectivity index (χ3v) is 5.63. The summed E-state index contributed by atoms with van der Waals surface area (Å²) in [4.78, 5) is 21.3. The number of nitrogens with one attached hydrogen (secondary N) is 1. The number of hydrogen-bond donors (Lipinski definition) is 3. The van der Waals surface area contributed by atoms with Crippen LogP contribution < -0.4 is 11.1 Å². The SMILES string of the molecule is CC1(C)C(CN)CC1NC(=O)C1CCc2ccnn2C1.O=C(O)C(F)(F)F. The summed E-state index contributed by atoms with van der Waals surface area (Å²) in [5, 5.41) is 14.6. The van der Waals surface area contributed by atoms with E-state index in [1.54, 1.807) is 0 Å². The van der Waals surface area contributed by atoms with Gasteiger partial charge in [-0.1, -0.05) is 13.8 Å². The summed E-state index contributed by atoms with van der Waals surface area (Å²) in [6, 6.07) is 2.30. The maximum Gasteiger partial charge on any atom is 0.490 e. The Morgan fingerprint density at radius 1 is 1.44 bits per heavy atom. The van der Waals surface area contributed by atoms with Crippen molar-refractivity contribution in [1.29, 1.82) is 0 Å². The predicted octanol–water partition coefficient (Wildman–Crippen LogP) is 1.57. The van der Waals surface area contributed by atoms with Gasteiger partial charge in [-0.2, -0.15) is 18.3 Å². The number of rotatable bonds is 3. The van der Waals surface area contributed by atoms with Gasteiger partial charge in [0.1, 0.15) is 0 Å². The molecule has 0 radical (unpaired) electrons. The molecular weight excluding hydrogens is 365 g/mol. The molecule has 1 aromatic heterocycles. The molecule has 27 heavy (non-hydrogen) atoms. The van der Waals surface area contributed by atoms with Gasteiger partial charge in [0.25, 0.3) is 0 Å². The van der Waals surface area contributed by atoms with E-state index in [0.29, 0.717) is 19.0 Å². The summed E-state index contributed by atoms with van der Waals surface area (Å²) < 4.78 is 33.7. The molecule has 152 valence electrons. The highest BCUT2D eigenvalue weighted by Crippen LogP contribution is 2.45. The maximum absolute atomic E-state index is 12.4. The van der Waals surface area contributed by atoms with Gasteiger partial charge in [0.2, 0.25) is 5.91 Å². The quantitative estimate of drug-likeness (QED) is 0.726. The smallest absolute Gasteiger partial charge is 0.475 e. The van der Waals surface area contributed by atoms with Crippen LogP contribution in [0.25, 0.3) is 0 Å². The molecule has 3 rings (SSSR count). The van der Waals surface area contributed by atoms with Gasteiger partial charge in [-0.05, 0) is 43.2 Å². The topological polar surface area (TPSA) is 110 Å². The molecule has 1 fully saturated rings. The van der Waals surface area contributed by atoms with Crippen molar-refractivity contribution in [3.63, 3.8) is 0 Å². The zero-order valence-corrected chi connectivity index (χ0v) is 15.3. The molecule has 3 atom stereocenters. The van der Waals surface area contributed by atoms with E-state index in [0.717, 1.165) is 19.3 Å². The number of hydrogen-bond acceptors (Lipinski definition) is 4. The molecule has 10 heteroatoms. The van der Waals surface area contributed by atoms with Gasteiger partial charge in [-0.3, -0.25) is 9.48 Å². The number of nitrogens with two attached hydrogens (primary N) is 1. The van der Waals surface area contributed by atoms with E-state index < -0.39 is 12.1 Å². The lowest BCUT2D eigenvalue weighted by atomic mass is 9.58. The molecule has 4 N–H and O–H groups in total. The molecule has 0 aromatic carbocycles. The van der Waals surface area contributed by atoms with E-state index in [-0.39, 0.29) is 23.3 Å². The molecule has 0 bridgehead atoms. The number of fused-ring (bicyclic) bond motifs is 1. The lowest BCUT2D eigenvalue weighted by Crippen LogP contribution is -2.61. The summed E-state index contributed by atoms with van der Waals surface area (Å²) in [5.74, 6) is -2.00. The molecule has 2 aliphatic rings. The Balaban J connectivity index is 0.000000321. The Bertz CT molecular complexity index is 687. The average Bonchev–Trinajstić information content (AvgIpc) is 3.05. The number of aryl methyl sites for hydroxylation is 1. The maximum atomic E-state index is 12.4. The van der Waals surface area contributed by atoms with Crippen molar-refractivity contribution >= 4 is 11.9 Å². The van der Waals surface area contributed by atoms with Crippen molar-refractivity contribution < 1.29 is 27.9 Å². The number of carboxylic acids is 1. The van der Waals surface area contributed by atoms with Crippen LogP contribution in [0.4, 0.5) is 13.2 Å². The minimum Gasteiger partial charge on any atom is -0.475 e. The van der Waals surface area contributed by atoms with Gasteiger partial charge >= 0.3 is 12.1 Å². The third-order valence-electron chi connectivity index (χ3n) is 5.63. The van der Waals surface area contributed by atoms with Crippen molar-refractivity contribution in [2.45, 2.75) is 51.9 Å². The molecule has 2 heterocycles. The molecule has 1 aliphatic carbocycles. The summed E-state index contributed by atoms with van der Waals surface area (Å²) in [5.41, 5.74) is 7.12. The first kappa shape index (κ1) is 21.2. The number of halogens is 3. The van der Waals surface area contributed by atoms with Gasteiger partial charge in [0, 0.05) is 17.9 Å². The van der Waals surface area contributed by atoms with Crippen LogP contribution in [0.2, 0.25) is 0 Å². The number of carbonyl (C=O) groups is 2. The summed E-state index contributed by atoms with van der Waals surface area (Å²) >= 11 is 0. The van der Waals surface area contributed by atoms with Crippen molar-refractivity contribution in [2.24, 2.45) is 23.0 Å². The first-order valence-electron chi connectivity index (χ1n) is 8.78. The Morgan fingerprint density at radius 3 is 2.59 bits per heavy atom. The average molecular weight is 390 g/mol. The van der Waals surface area contributed by atoms with Crippen LogP contribution in [-0.4, -0.2) is 45.5 Å². The number of amides is 1. The predicted molar refractivity (Wildman–Crippen MR) is 90.6 cm³/mol. The standard InChI is InChI=1S/C15H24N4O.C2HF3O2/c1-15(2)11(8-16)7-13(15)18-14(20)10-3-4-12-5-6-17-19(12)9-10;3-2(4,5)1(6)7/h5-6,10-11,13H,3-4,7-9,16H2,1-2H3,(H,18,20);(H,6,7). The molecule has 0 spiro atoms. The lowest BCUT2D eigenvalue weighted by molar-refractivity contribution is -0.192. The van der Waals surface area contributed by atoms with Crippen LogP contribution >= 0.6 is 0 Å². The monoisotopic (exact) mass is 390 g/mol. The van der Waals surface area contributed by atoms with Crippen molar-refractivity contribution in [2.75, 3.05) is 6.54 Å². The highest BCUT2D eigenvalue weighted by molar-refractivity contribution is 5.79. The van der Waals surface area contributed by atoms with Crippen LogP contribution in [0.1, 0.15) is 32.4 Å². The van der Waals surface area contributed by atoms with E-state index in [1.165, 1.54) is 5.69 Å². The second-order valence-electron chi connectivity index (χ2n) is 7.59. The lowest BCUT2D eigenvalue weighted by Gasteiger charge is -2.52. The fraction of sp³-hybridized carbons (Fsp3) is 0.706. The zero-order chi connectivity index (χ0) is 20.4.